The number of halogens is 2. The molecule has 2 aromatic rings. The van der Waals surface area contributed by atoms with Crippen LogP contribution in [0, 0.1) is 5.82 Å². The second-order valence-corrected chi connectivity index (χ2v) is 5.08. The van der Waals surface area contributed by atoms with E-state index in [2.05, 4.69) is 21.2 Å². The molecule has 0 fully saturated rings. The van der Waals surface area contributed by atoms with Crippen LogP contribution in [0.4, 0.5) is 10.1 Å². The van der Waals surface area contributed by atoms with Crippen LogP contribution in [0.1, 0.15) is 5.56 Å². The van der Waals surface area contributed by atoms with Gasteiger partial charge in [0.15, 0.2) is 11.5 Å². The SMILES string of the molecule is COc1ccc(CNc2cc(Br)ccc2F)cc1OC. The van der Waals surface area contributed by atoms with Crippen LogP contribution >= 0.6 is 15.9 Å². The molecular formula is C15H15BrFNO2. The summed E-state index contributed by atoms with van der Waals surface area (Å²) in [6, 6.07) is 10.4. The van der Waals surface area contributed by atoms with Gasteiger partial charge in [0, 0.05) is 11.0 Å². The Labute approximate surface area is 125 Å². The number of hydrogen-bond acceptors (Lipinski definition) is 3. The average Bonchev–Trinajstić information content (AvgIpc) is 2.47. The Hall–Kier alpha value is -1.75. The third-order valence-corrected chi connectivity index (χ3v) is 3.35. The Morgan fingerprint density at radius 2 is 1.80 bits per heavy atom. The molecule has 0 heterocycles. The maximum atomic E-state index is 13.6. The summed E-state index contributed by atoms with van der Waals surface area (Å²) in [7, 11) is 3.18. The van der Waals surface area contributed by atoms with Gasteiger partial charge in [-0.05, 0) is 35.9 Å². The standard InChI is InChI=1S/C15H15BrFNO2/c1-19-14-6-3-10(7-15(14)20-2)9-18-13-8-11(16)4-5-12(13)17/h3-8,18H,9H2,1-2H3. The molecule has 0 spiro atoms. The van der Waals surface area contributed by atoms with E-state index in [1.165, 1.54) is 6.07 Å². The average molecular weight is 340 g/mol. The van der Waals surface area contributed by atoms with Gasteiger partial charge in [-0.25, -0.2) is 4.39 Å². The lowest BCUT2D eigenvalue weighted by Crippen LogP contribution is -2.02. The van der Waals surface area contributed by atoms with E-state index in [0.717, 1.165) is 10.0 Å². The summed E-state index contributed by atoms with van der Waals surface area (Å²) >= 11 is 3.32. The lowest BCUT2D eigenvalue weighted by molar-refractivity contribution is 0.354. The monoisotopic (exact) mass is 339 g/mol. The molecule has 0 aromatic heterocycles. The second kappa shape index (κ2) is 6.61. The summed E-state index contributed by atoms with van der Waals surface area (Å²) in [5.74, 6) is 1.04. The number of anilines is 1. The first-order chi connectivity index (χ1) is 9.63. The number of hydrogen-bond donors (Lipinski definition) is 1. The zero-order valence-electron chi connectivity index (χ0n) is 11.2. The molecule has 0 amide bonds. The molecule has 2 aromatic carbocycles. The molecule has 20 heavy (non-hydrogen) atoms. The van der Waals surface area contributed by atoms with E-state index in [-0.39, 0.29) is 5.82 Å². The molecule has 106 valence electrons. The fraction of sp³-hybridized carbons (Fsp3) is 0.200. The summed E-state index contributed by atoms with van der Waals surface area (Å²) < 4.78 is 24.9. The summed E-state index contributed by atoms with van der Waals surface area (Å²) in [4.78, 5) is 0. The maximum absolute atomic E-state index is 13.6. The minimum atomic E-state index is -0.284. The van der Waals surface area contributed by atoms with Crippen LogP contribution < -0.4 is 14.8 Å². The number of benzene rings is 2. The highest BCUT2D eigenvalue weighted by Crippen LogP contribution is 2.28. The van der Waals surface area contributed by atoms with Gasteiger partial charge in [-0.15, -0.1) is 0 Å². The Kier molecular flexibility index (Phi) is 4.84. The van der Waals surface area contributed by atoms with E-state index in [9.17, 15) is 4.39 Å². The van der Waals surface area contributed by atoms with Crippen molar-refractivity contribution in [3.63, 3.8) is 0 Å². The Morgan fingerprint density at radius 3 is 2.50 bits per heavy atom. The van der Waals surface area contributed by atoms with Crippen LogP contribution in [-0.4, -0.2) is 14.2 Å². The van der Waals surface area contributed by atoms with Crippen molar-refractivity contribution in [2.24, 2.45) is 0 Å². The third kappa shape index (κ3) is 3.42. The largest absolute Gasteiger partial charge is 0.493 e. The lowest BCUT2D eigenvalue weighted by atomic mass is 10.2. The van der Waals surface area contributed by atoms with E-state index in [1.54, 1.807) is 26.4 Å². The van der Waals surface area contributed by atoms with E-state index in [0.29, 0.717) is 23.7 Å². The van der Waals surface area contributed by atoms with Crippen LogP contribution in [0.25, 0.3) is 0 Å². The highest BCUT2D eigenvalue weighted by atomic mass is 79.9. The van der Waals surface area contributed by atoms with Gasteiger partial charge in [-0.1, -0.05) is 22.0 Å². The lowest BCUT2D eigenvalue weighted by Gasteiger charge is -2.11. The van der Waals surface area contributed by atoms with Crippen molar-refractivity contribution in [1.29, 1.82) is 0 Å². The molecule has 0 aliphatic carbocycles. The fourth-order valence-corrected chi connectivity index (χ4v) is 2.18. The third-order valence-electron chi connectivity index (χ3n) is 2.86. The molecule has 2 rings (SSSR count). The smallest absolute Gasteiger partial charge is 0.161 e. The summed E-state index contributed by atoms with van der Waals surface area (Å²) in [5.41, 5.74) is 1.43. The van der Waals surface area contributed by atoms with Gasteiger partial charge < -0.3 is 14.8 Å². The molecule has 1 N–H and O–H groups in total. The van der Waals surface area contributed by atoms with Gasteiger partial charge in [0.25, 0.3) is 0 Å². The number of rotatable bonds is 5. The van der Waals surface area contributed by atoms with Crippen molar-refractivity contribution in [3.8, 4) is 11.5 Å². The summed E-state index contributed by atoms with van der Waals surface area (Å²) in [6.45, 7) is 0.494. The van der Waals surface area contributed by atoms with Crippen molar-refractivity contribution in [1.82, 2.24) is 0 Å². The Balaban J connectivity index is 2.12. The maximum Gasteiger partial charge on any atom is 0.161 e. The predicted octanol–water partition coefficient (Wildman–Crippen LogP) is 4.22. The highest BCUT2D eigenvalue weighted by Gasteiger charge is 2.06. The minimum Gasteiger partial charge on any atom is -0.493 e. The molecule has 0 bridgehead atoms. The Bertz CT molecular complexity index is 604. The number of nitrogens with one attached hydrogen (secondary N) is 1. The summed E-state index contributed by atoms with van der Waals surface area (Å²) in [5, 5.41) is 3.06. The van der Waals surface area contributed by atoms with Gasteiger partial charge in [-0.3, -0.25) is 0 Å². The summed E-state index contributed by atoms with van der Waals surface area (Å²) in [6.07, 6.45) is 0. The molecule has 3 nitrogen and oxygen atoms in total. The van der Waals surface area contributed by atoms with Crippen LogP contribution in [0.15, 0.2) is 40.9 Å². The topological polar surface area (TPSA) is 30.5 Å². The minimum absolute atomic E-state index is 0.284. The van der Waals surface area contributed by atoms with E-state index < -0.39 is 0 Å². The van der Waals surface area contributed by atoms with Crippen LogP contribution in [0.5, 0.6) is 11.5 Å². The van der Waals surface area contributed by atoms with Crippen molar-refractivity contribution >= 4 is 21.6 Å². The van der Waals surface area contributed by atoms with Crippen molar-refractivity contribution in [2.45, 2.75) is 6.54 Å². The van der Waals surface area contributed by atoms with Crippen molar-refractivity contribution < 1.29 is 13.9 Å². The van der Waals surface area contributed by atoms with Crippen LogP contribution in [0.2, 0.25) is 0 Å². The molecule has 0 radical (unpaired) electrons. The van der Waals surface area contributed by atoms with Gasteiger partial charge in [0.2, 0.25) is 0 Å². The molecule has 0 saturated carbocycles. The first kappa shape index (κ1) is 14.7. The van der Waals surface area contributed by atoms with Crippen LogP contribution in [-0.2, 0) is 6.54 Å². The first-order valence-corrected chi connectivity index (χ1v) is 6.83. The van der Waals surface area contributed by atoms with Gasteiger partial charge in [0.05, 0.1) is 19.9 Å². The molecule has 5 heteroatoms. The zero-order valence-corrected chi connectivity index (χ0v) is 12.8. The normalized spacial score (nSPS) is 10.2. The van der Waals surface area contributed by atoms with Crippen LogP contribution in [0.3, 0.4) is 0 Å². The van der Waals surface area contributed by atoms with E-state index in [4.69, 9.17) is 9.47 Å². The van der Waals surface area contributed by atoms with Gasteiger partial charge >= 0.3 is 0 Å². The molecular weight excluding hydrogens is 325 g/mol. The van der Waals surface area contributed by atoms with Crippen molar-refractivity contribution in [2.75, 3.05) is 19.5 Å². The highest BCUT2D eigenvalue weighted by molar-refractivity contribution is 9.10. The molecule has 0 aliphatic rings. The van der Waals surface area contributed by atoms with Gasteiger partial charge in [-0.2, -0.15) is 0 Å². The first-order valence-electron chi connectivity index (χ1n) is 6.04. The molecule has 0 aliphatic heterocycles. The molecule has 0 saturated heterocycles. The predicted molar refractivity (Wildman–Crippen MR) is 81.0 cm³/mol. The van der Waals surface area contributed by atoms with Gasteiger partial charge in [0.1, 0.15) is 5.82 Å². The molecule has 0 atom stereocenters. The van der Waals surface area contributed by atoms with E-state index in [1.807, 2.05) is 18.2 Å². The second-order valence-electron chi connectivity index (χ2n) is 4.17. The molecule has 0 unspecified atom stereocenters. The number of methoxy groups -OCH3 is 2. The fourth-order valence-electron chi connectivity index (χ4n) is 1.82. The number of ether oxygens (including phenoxy) is 2. The zero-order chi connectivity index (χ0) is 14.5. The van der Waals surface area contributed by atoms with Crippen molar-refractivity contribution in [3.05, 3.63) is 52.3 Å². The Morgan fingerprint density at radius 1 is 1.05 bits per heavy atom. The van der Waals surface area contributed by atoms with E-state index >= 15 is 0 Å². The quantitative estimate of drug-likeness (QED) is 0.884.